The van der Waals surface area contributed by atoms with Crippen LogP contribution in [0.5, 0.6) is 11.5 Å². The maximum absolute atomic E-state index is 13.2. The van der Waals surface area contributed by atoms with Gasteiger partial charge in [-0.1, -0.05) is 6.07 Å². The molecule has 0 bridgehead atoms. The van der Waals surface area contributed by atoms with Crippen LogP contribution in [0.15, 0.2) is 23.0 Å². The third-order valence-corrected chi connectivity index (χ3v) is 6.94. The van der Waals surface area contributed by atoms with Gasteiger partial charge in [-0.25, -0.2) is 4.98 Å². The molecule has 0 atom stereocenters. The van der Waals surface area contributed by atoms with Crippen LogP contribution < -0.4 is 20.3 Å². The molecule has 0 radical (unpaired) electrons. The monoisotopic (exact) mass is 441 g/mol. The summed E-state index contributed by atoms with van der Waals surface area (Å²) >= 11 is 1.63. The molecular weight excluding hydrogens is 414 g/mol. The molecule has 0 unspecified atom stereocenters. The molecular formula is C23H27N3O4S. The summed E-state index contributed by atoms with van der Waals surface area (Å²) in [6.45, 7) is 2.23. The molecule has 2 aromatic heterocycles. The normalized spacial score (nSPS) is 13.1. The van der Waals surface area contributed by atoms with Crippen LogP contribution in [0.4, 0.5) is 0 Å². The van der Waals surface area contributed by atoms with E-state index in [9.17, 15) is 9.59 Å². The smallest absolute Gasteiger partial charge is 0.263 e. The third-order valence-electron chi connectivity index (χ3n) is 5.75. The van der Waals surface area contributed by atoms with E-state index in [1.165, 1.54) is 9.44 Å². The number of hydrogen-bond donors (Lipinski definition) is 1. The van der Waals surface area contributed by atoms with Crippen LogP contribution in [-0.4, -0.2) is 36.2 Å². The van der Waals surface area contributed by atoms with Crippen LogP contribution in [0.1, 0.15) is 34.7 Å². The number of thiophene rings is 1. The van der Waals surface area contributed by atoms with Crippen LogP contribution in [0.25, 0.3) is 10.2 Å². The number of hydrogen-bond acceptors (Lipinski definition) is 6. The van der Waals surface area contributed by atoms with E-state index in [-0.39, 0.29) is 18.0 Å². The number of amides is 1. The highest BCUT2D eigenvalue weighted by Gasteiger charge is 2.21. The summed E-state index contributed by atoms with van der Waals surface area (Å²) in [5.74, 6) is 1.71. The quantitative estimate of drug-likeness (QED) is 0.610. The second kappa shape index (κ2) is 9.09. The lowest BCUT2D eigenvalue weighted by Crippen LogP contribution is -2.35. The summed E-state index contributed by atoms with van der Waals surface area (Å²) in [6.07, 6.45) is 4.85. The Balaban J connectivity index is 1.45. The lowest BCUT2D eigenvalue weighted by Gasteiger charge is -2.12. The van der Waals surface area contributed by atoms with Crippen LogP contribution in [0, 0.1) is 6.92 Å². The van der Waals surface area contributed by atoms with Gasteiger partial charge in [-0.3, -0.25) is 14.2 Å². The van der Waals surface area contributed by atoms with Gasteiger partial charge >= 0.3 is 0 Å². The van der Waals surface area contributed by atoms with Crippen molar-refractivity contribution in [1.29, 1.82) is 0 Å². The molecule has 31 heavy (non-hydrogen) atoms. The first kappa shape index (κ1) is 21.4. The van der Waals surface area contributed by atoms with Gasteiger partial charge in [-0.2, -0.15) is 0 Å². The summed E-state index contributed by atoms with van der Waals surface area (Å²) in [5.41, 5.74) is 2.07. The first-order valence-corrected chi connectivity index (χ1v) is 11.3. The molecule has 0 fully saturated rings. The van der Waals surface area contributed by atoms with Crippen molar-refractivity contribution in [2.24, 2.45) is 0 Å². The molecule has 2 heterocycles. The molecule has 8 heteroatoms. The molecule has 1 aromatic carbocycles. The van der Waals surface area contributed by atoms with Crippen molar-refractivity contribution in [2.75, 3.05) is 20.8 Å². The topological polar surface area (TPSA) is 82.5 Å². The Labute approximate surface area is 185 Å². The Morgan fingerprint density at radius 3 is 2.74 bits per heavy atom. The fraction of sp³-hybridized carbons (Fsp3) is 0.435. The van der Waals surface area contributed by atoms with E-state index in [0.717, 1.165) is 41.6 Å². The first-order chi connectivity index (χ1) is 15.0. The van der Waals surface area contributed by atoms with Gasteiger partial charge in [0.15, 0.2) is 11.5 Å². The molecule has 7 nitrogen and oxygen atoms in total. The number of aromatic nitrogens is 2. The highest BCUT2D eigenvalue weighted by molar-refractivity contribution is 7.18. The number of benzene rings is 1. The summed E-state index contributed by atoms with van der Waals surface area (Å²) in [7, 11) is 3.19. The molecule has 1 aliphatic carbocycles. The van der Waals surface area contributed by atoms with Crippen LogP contribution in [0.2, 0.25) is 0 Å². The Bertz CT molecular complexity index is 1180. The lowest BCUT2D eigenvalue weighted by atomic mass is 9.97. The Kier molecular flexibility index (Phi) is 6.27. The van der Waals surface area contributed by atoms with Crippen molar-refractivity contribution in [1.82, 2.24) is 14.9 Å². The second-order valence-corrected chi connectivity index (χ2v) is 8.81. The number of nitrogens with zero attached hydrogens (tertiary/aromatic N) is 2. The number of aryl methyl sites for hydroxylation is 3. The van der Waals surface area contributed by atoms with E-state index in [0.29, 0.717) is 35.7 Å². The molecule has 1 aliphatic rings. The lowest BCUT2D eigenvalue weighted by molar-refractivity contribution is -0.121. The van der Waals surface area contributed by atoms with Crippen molar-refractivity contribution in [3.63, 3.8) is 0 Å². The minimum atomic E-state index is -0.198. The maximum Gasteiger partial charge on any atom is 0.263 e. The van der Waals surface area contributed by atoms with Gasteiger partial charge in [0.25, 0.3) is 5.56 Å². The summed E-state index contributed by atoms with van der Waals surface area (Å²) < 4.78 is 12.1. The Morgan fingerprint density at radius 1 is 1.19 bits per heavy atom. The van der Waals surface area contributed by atoms with Crippen molar-refractivity contribution in [2.45, 2.75) is 45.6 Å². The molecule has 3 aromatic rings. The average Bonchev–Trinajstić information content (AvgIpc) is 3.14. The number of methoxy groups -OCH3 is 2. The number of nitrogens with one attached hydrogen (secondary N) is 1. The predicted molar refractivity (Wildman–Crippen MR) is 122 cm³/mol. The average molecular weight is 442 g/mol. The SMILES string of the molecule is COc1ccc(CCNC(=O)Cn2c(C)nc3sc4c(c3c2=O)CCCC4)cc1OC. The van der Waals surface area contributed by atoms with Crippen LogP contribution >= 0.6 is 11.3 Å². The zero-order valence-electron chi connectivity index (χ0n) is 18.1. The molecule has 0 aliphatic heterocycles. The van der Waals surface area contributed by atoms with Crippen molar-refractivity contribution in [3.8, 4) is 11.5 Å². The first-order valence-electron chi connectivity index (χ1n) is 10.5. The number of rotatable bonds is 7. The van der Waals surface area contributed by atoms with Crippen LogP contribution in [0.3, 0.4) is 0 Å². The van der Waals surface area contributed by atoms with E-state index in [1.54, 1.807) is 32.5 Å². The van der Waals surface area contributed by atoms with Gasteiger partial charge in [0.2, 0.25) is 5.91 Å². The van der Waals surface area contributed by atoms with E-state index in [2.05, 4.69) is 10.3 Å². The van der Waals surface area contributed by atoms with Gasteiger partial charge in [-0.15, -0.1) is 11.3 Å². The largest absolute Gasteiger partial charge is 0.493 e. The molecule has 1 N–H and O–H groups in total. The molecule has 164 valence electrons. The van der Waals surface area contributed by atoms with E-state index in [1.807, 2.05) is 18.2 Å². The highest BCUT2D eigenvalue weighted by Crippen LogP contribution is 2.33. The Morgan fingerprint density at radius 2 is 1.97 bits per heavy atom. The Hall–Kier alpha value is -2.87. The maximum atomic E-state index is 13.2. The molecule has 1 amide bonds. The molecule has 0 saturated carbocycles. The zero-order chi connectivity index (χ0) is 22.0. The van der Waals surface area contributed by atoms with Crippen molar-refractivity contribution in [3.05, 3.63) is 50.4 Å². The minimum absolute atomic E-state index is 0.0237. The molecule has 4 rings (SSSR count). The highest BCUT2D eigenvalue weighted by atomic mass is 32.1. The second-order valence-electron chi connectivity index (χ2n) is 7.73. The number of carbonyl (C=O) groups excluding carboxylic acids is 1. The van der Waals surface area contributed by atoms with E-state index < -0.39 is 0 Å². The van der Waals surface area contributed by atoms with Gasteiger partial charge in [0, 0.05) is 11.4 Å². The van der Waals surface area contributed by atoms with Gasteiger partial charge in [0.1, 0.15) is 17.2 Å². The standard InChI is InChI=1S/C23H27N3O4S/c1-14-25-22-21(16-6-4-5-7-19(16)31-22)23(28)26(14)13-20(27)24-11-10-15-8-9-17(29-2)18(12-15)30-3/h8-9,12H,4-7,10-11,13H2,1-3H3,(H,24,27). The fourth-order valence-electron chi connectivity index (χ4n) is 4.11. The fourth-order valence-corrected chi connectivity index (χ4v) is 5.41. The van der Waals surface area contributed by atoms with E-state index in [4.69, 9.17) is 9.47 Å². The van der Waals surface area contributed by atoms with Gasteiger partial charge < -0.3 is 14.8 Å². The number of fused-ring (bicyclic) bond motifs is 3. The predicted octanol–water partition coefficient (Wildman–Crippen LogP) is 3.02. The van der Waals surface area contributed by atoms with Crippen molar-refractivity contribution < 1.29 is 14.3 Å². The third kappa shape index (κ3) is 4.30. The van der Waals surface area contributed by atoms with Crippen LogP contribution in [-0.2, 0) is 30.6 Å². The summed E-state index contributed by atoms with van der Waals surface area (Å²) in [6, 6.07) is 5.69. The summed E-state index contributed by atoms with van der Waals surface area (Å²) in [4.78, 5) is 32.4. The number of carbonyl (C=O) groups is 1. The number of ether oxygens (including phenoxy) is 2. The zero-order valence-corrected chi connectivity index (χ0v) is 18.9. The van der Waals surface area contributed by atoms with E-state index >= 15 is 0 Å². The van der Waals surface area contributed by atoms with Gasteiger partial charge in [0.05, 0.1) is 19.6 Å². The molecule has 0 spiro atoms. The molecule has 0 saturated heterocycles. The minimum Gasteiger partial charge on any atom is -0.493 e. The van der Waals surface area contributed by atoms with Gasteiger partial charge in [-0.05, 0) is 62.3 Å². The van der Waals surface area contributed by atoms with Crippen molar-refractivity contribution >= 4 is 27.5 Å². The summed E-state index contributed by atoms with van der Waals surface area (Å²) in [5, 5.41) is 3.62.